The van der Waals surface area contributed by atoms with Crippen LogP contribution in [0, 0.1) is 6.92 Å². The van der Waals surface area contributed by atoms with Crippen molar-refractivity contribution >= 4 is 23.0 Å². The minimum absolute atomic E-state index is 0.620. The number of hydrogen-bond donors (Lipinski definition) is 2. The first-order valence-electron chi connectivity index (χ1n) is 8.03. The van der Waals surface area contributed by atoms with Crippen LogP contribution in [-0.4, -0.2) is 25.4 Å². The predicted molar refractivity (Wildman–Crippen MR) is 103 cm³/mol. The first-order chi connectivity index (χ1) is 11.6. The van der Waals surface area contributed by atoms with Crippen molar-refractivity contribution in [1.29, 1.82) is 0 Å². The summed E-state index contributed by atoms with van der Waals surface area (Å²) in [6.45, 7) is 5.46. The first-order valence-corrected chi connectivity index (χ1v) is 8.44. The van der Waals surface area contributed by atoms with E-state index in [0.717, 1.165) is 35.7 Å². The molecule has 0 aliphatic rings. The van der Waals surface area contributed by atoms with E-state index in [9.17, 15) is 0 Å². The van der Waals surface area contributed by atoms with Crippen LogP contribution in [0.2, 0.25) is 0 Å². The maximum Gasteiger partial charge on any atom is 0.170 e. The third-order valence-corrected chi connectivity index (χ3v) is 3.86. The van der Waals surface area contributed by atoms with Crippen molar-refractivity contribution in [2.45, 2.75) is 20.3 Å². The van der Waals surface area contributed by atoms with Gasteiger partial charge in [-0.1, -0.05) is 12.1 Å². The SMILES string of the molecule is CCOc1ccc(CCNC(=S)Nc2ccc(OC)cc2C)cc1. The summed E-state index contributed by atoms with van der Waals surface area (Å²) in [6, 6.07) is 14.0. The Morgan fingerprint density at radius 1 is 1.08 bits per heavy atom. The van der Waals surface area contributed by atoms with Gasteiger partial charge >= 0.3 is 0 Å². The van der Waals surface area contributed by atoms with Gasteiger partial charge in [0.25, 0.3) is 0 Å². The van der Waals surface area contributed by atoms with E-state index in [2.05, 4.69) is 22.8 Å². The van der Waals surface area contributed by atoms with Gasteiger partial charge in [-0.15, -0.1) is 0 Å². The summed E-state index contributed by atoms with van der Waals surface area (Å²) in [7, 11) is 1.66. The molecule has 5 heteroatoms. The number of nitrogens with one attached hydrogen (secondary N) is 2. The van der Waals surface area contributed by atoms with Gasteiger partial charge in [0, 0.05) is 12.2 Å². The maximum absolute atomic E-state index is 5.44. The number of thiocarbonyl (C=S) groups is 1. The van der Waals surface area contributed by atoms with Crippen molar-refractivity contribution in [3.05, 3.63) is 53.6 Å². The lowest BCUT2D eigenvalue weighted by molar-refractivity contribution is 0.340. The fourth-order valence-electron chi connectivity index (χ4n) is 2.31. The second-order valence-electron chi connectivity index (χ2n) is 5.39. The Bertz CT molecular complexity index is 672. The molecule has 0 aromatic heterocycles. The topological polar surface area (TPSA) is 42.5 Å². The van der Waals surface area contributed by atoms with Crippen LogP contribution in [0.1, 0.15) is 18.1 Å². The summed E-state index contributed by atoms with van der Waals surface area (Å²) in [6.07, 6.45) is 0.899. The van der Waals surface area contributed by atoms with Crippen LogP contribution in [0.25, 0.3) is 0 Å². The molecule has 0 unspecified atom stereocenters. The molecule has 0 fully saturated rings. The van der Waals surface area contributed by atoms with Crippen molar-refractivity contribution in [2.75, 3.05) is 25.6 Å². The van der Waals surface area contributed by atoms with Gasteiger partial charge in [-0.3, -0.25) is 0 Å². The Balaban J connectivity index is 1.79. The van der Waals surface area contributed by atoms with Gasteiger partial charge in [0.15, 0.2) is 5.11 Å². The van der Waals surface area contributed by atoms with Gasteiger partial charge in [0.2, 0.25) is 0 Å². The Kier molecular flexibility index (Phi) is 6.88. The average Bonchev–Trinajstić information content (AvgIpc) is 2.58. The Morgan fingerprint density at radius 3 is 2.42 bits per heavy atom. The minimum atomic E-state index is 0.620. The van der Waals surface area contributed by atoms with Crippen molar-refractivity contribution < 1.29 is 9.47 Å². The highest BCUT2D eigenvalue weighted by Crippen LogP contribution is 2.20. The molecule has 2 rings (SSSR count). The molecule has 0 heterocycles. The van der Waals surface area contributed by atoms with E-state index < -0.39 is 0 Å². The van der Waals surface area contributed by atoms with Crippen LogP contribution < -0.4 is 20.1 Å². The highest BCUT2D eigenvalue weighted by molar-refractivity contribution is 7.80. The molecule has 0 bridgehead atoms. The van der Waals surface area contributed by atoms with Crippen molar-refractivity contribution in [2.24, 2.45) is 0 Å². The summed E-state index contributed by atoms with van der Waals surface area (Å²) < 4.78 is 10.6. The Morgan fingerprint density at radius 2 is 1.79 bits per heavy atom. The van der Waals surface area contributed by atoms with E-state index in [4.69, 9.17) is 21.7 Å². The third-order valence-electron chi connectivity index (χ3n) is 3.62. The molecule has 0 amide bonds. The largest absolute Gasteiger partial charge is 0.497 e. The molecule has 4 nitrogen and oxygen atoms in total. The number of benzene rings is 2. The van der Waals surface area contributed by atoms with E-state index in [1.165, 1.54) is 5.56 Å². The van der Waals surface area contributed by atoms with E-state index in [1.54, 1.807) is 7.11 Å². The fourth-order valence-corrected chi connectivity index (χ4v) is 2.52. The Hall–Kier alpha value is -2.27. The standard InChI is InChI=1S/C19H24N2O2S/c1-4-23-16-7-5-15(6-8-16)11-12-20-19(24)21-18-10-9-17(22-3)13-14(18)2/h5-10,13H,4,11-12H2,1-3H3,(H2,20,21,24). The summed E-state index contributed by atoms with van der Waals surface area (Å²) in [4.78, 5) is 0. The zero-order valence-corrected chi connectivity index (χ0v) is 15.2. The number of anilines is 1. The minimum Gasteiger partial charge on any atom is -0.497 e. The van der Waals surface area contributed by atoms with E-state index >= 15 is 0 Å². The molecule has 0 aliphatic carbocycles. The lowest BCUT2D eigenvalue weighted by Crippen LogP contribution is -2.30. The van der Waals surface area contributed by atoms with Gasteiger partial charge < -0.3 is 20.1 Å². The maximum atomic E-state index is 5.44. The molecule has 0 aliphatic heterocycles. The quantitative estimate of drug-likeness (QED) is 0.745. The summed E-state index contributed by atoms with van der Waals surface area (Å²) in [5.74, 6) is 1.74. The van der Waals surface area contributed by atoms with Crippen LogP contribution in [0.3, 0.4) is 0 Å². The molecule has 0 atom stereocenters. The zero-order valence-electron chi connectivity index (χ0n) is 14.4. The van der Waals surface area contributed by atoms with Gasteiger partial charge in [0.05, 0.1) is 13.7 Å². The molecule has 0 saturated heterocycles. The second-order valence-corrected chi connectivity index (χ2v) is 5.80. The van der Waals surface area contributed by atoms with Gasteiger partial charge in [0.1, 0.15) is 11.5 Å². The molecule has 2 N–H and O–H groups in total. The van der Waals surface area contributed by atoms with Crippen molar-refractivity contribution in [1.82, 2.24) is 5.32 Å². The lowest BCUT2D eigenvalue weighted by Gasteiger charge is -2.13. The lowest BCUT2D eigenvalue weighted by atomic mass is 10.1. The van der Waals surface area contributed by atoms with Gasteiger partial charge in [-0.05, 0) is 73.9 Å². The van der Waals surface area contributed by atoms with Crippen molar-refractivity contribution in [3.8, 4) is 11.5 Å². The number of rotatable bonds is 7. The van der Waals surface area contributed by atoms with E-state index in [-0.39, 0.29) is 0 Å². The molecule has 0 saturated carbocycles. The monoisotopic (exact) mass is 344 g/mol. The summed E-state index contributed by atoms with van der Waals surface area (Å²) in [5, 5.41) is 7.07. The van der Waals surface area contributed by atoms with Crippen LogP contribution in [-0.2, 0) is 6.42 Å². The van der Waals surface area contributed by atoms with E-state index in [0.29, 0.717) is 11.7 Å². The summed E-state index contributed by atoms with van der Waals surface area (Å²) >= 11 is 5.35. The zero-order chi connectivity index (χ0) is 17.4. The molecule has 2 aromatic rings. The van der Waals surface area contributed by atoms with Crippen molar-refractivity contribution in [3.63, 3.8) is 0 Å². The smallest absolute Gasteiger partial charge is 0.170 e. The first kappa shape index (κ1) is 18.1. The molecule has 2 aromatic carbocycles. The molecule has 0 spiro atoms. The highest BCUT2D eigenvalue weighted by Gasteiger charge is 2.03. The molecule has 24 heavy (non-hydrogen) atoms. The average molecular weight is 344 g/mol. The fraction of sp³-hybridized carbons (Fsp3) is 0.316. The predicted octanol–water partition coefficient (Wildman–Crippen LogP) is 3.93. The number of hydrogen-bond acceptors (Lipinski definition) is 3. The Labute approximate surface area is 149 Å². The summed E-state index contributed by atoms with van der Waals surface area (Å²) in [5.41, 5.74) is 3.31. The normalized spacial score (nSPS) is 10.1. The van der Waals surface area contributed by atoms with Crippen LogP contribution in [0.15, 0.2) is 42.5 Å². The van der Waals surface area contributed by atoms with Crippen LogP contribution in [0.5, 0.6) is 11.5 Å². The molecular formula is C19H24N2O2S. The highest BCUT2D eigenvalue weighted by atomic mass is 32.1. The molecule has 0 radical (unpaired) electrons. The van der Waals surface area contributed by atoms with E-state index in [1.807, 2.05) is 44.2 Å². The number of methoxy groups -OCH3 is 1. The molecular weight excluding hydrogens is 320 g/mol. The van der Waals surface area contributed by atoms with Gasteiger partial charge in [-0.2, -0.15) is 0 Å². The second kappa shape index (κ2) is 9.13. The number of aryl methyl sites for hydroxylation is 1. The third kappa shape index (κ3) is 5.42. The van der Waals surface area contributed by atoms with Crippen LogP contribution >= 0.6 is 12.2 Å². The van der Waals surface area contributed by atoms with Gasteiger partial charge in [-0.25, -0.2) is 0 Å². The molecule has 128 valence electrons. The van der Waals surface area contributed by atoms with Crippen LogP contribution in [0.4, 0.5) is 5.69 Å². The number of ether oxygens (including phenoxy) is 2.